The van der Waals surface area contributed by atoms with Crippen molar-refractivity contribution in [3.05, 3.63) is 0 Å². The minimum atomic E-state index is 0.608. The van der Waals surface area contributed by atoms with Gasteiger partial charge in [-0.3, -0.25) is 9.80 Å². The summed E-state index contributed by atoms with van der Waals surface area (Å²) in [4.78, 5) is 7.66. The van der Waals surface area contributed by atoms with Crippen LogP contribution in [0.4, 0.5) is 0 Å². The number of piperazine rings is 1. The van der Waals surface area contributed by atoms with Crippen molar-refractivity contribution in [1.82, 2.24) is 14.7 Å². The zero-order chi connectivity index (χ0) is 11.3. The van der Waals surface area contributed by atoms with E-state index in [0.29, 0.717) is 4.99 Å². The van der Waals surface area contributed by atoms with Gasteiger partial charge in [-0.1, -0.05) is 12.2 Å². The molecule has 1 fully saturated rings. The lowest BCUT2D eigenvalue weighted by Gasteiger charge is -2.34. The van der Waals surface area contributed by atoms with Crippen LogP contribution in [0.5, 0.6) is 0 Å². The van der Waals surface area contributed by atoms with Crippen molar-refractivity contribution in [2.75, 3.05) is 59.9 Å². The average molecular weight is 230 g/mol. The first-order chi connectivity index (χ1) is 7.08. The lowest BCUT2D eigenvalue weighted by atomic mass is 10.3. The molecule has 0 atom stereocenters. The Morgan fingerprint density at radius 2 is 1.73 bits per heavy atom. The Kier molecular flexibility index (Phi) is 5.45. The molecular weight excluding hydrogens is 208 g/mol. The molecule has 0 amide bonds. The summed E-state index contributed by atoms with van der Waals surface area (Å²) in [6.07, 6.45) is 0. The topological polar surface area (TPSA) is 35.7 Å². The summed E-state index contributed by atoms with van der Waals surface area (Å²) in [5, 5.41) is 0. The van der Waals surface area contributed by atoms with Gasteiger partial charge < -0.3 is 10.6 Å². The van der Waals surface area contributed by atoms with E-state index in [4.69, 9.17) is 18.0 Å². The van der Waals surface area contributed by atoms with Crippen molar-refractivity contribution in [1.29, 1.82) is 0 Å². The summed E-state index contributed by atoms with van der Waals surface area (Å²) in [5.74, 6) is 0. The van der Waals surface area contributed by atoms with Crippen LogP contribution < -0.4 is 5.73 Å². The minimum Gasteiger partial charge on any atom is -0.392 e. The third-order valence-corrected chi connectivity index (χ3v) is 2.84. The van der Waals surface area contributed by atoms with Crippen LogP contribution in [-0.2, 0) is 0 Å². The predicted molar refractivity (Wildman–Crippen MR) is 68.2 cm³/mol. The van der Waals surface area contributed by atoms with Gasteiger partial charge in [0.25, 0.3) is 0 Å². The zero-order valence-corrected chi connectivity index (χ0v) is 10.6. The van der Waals surface area contributed by atoms with Gasteiger partial charge in [0.05, 0.1) is 4.99 Å². The molecule has 0 unspecified atom stereocenters. The number of likely N-dealkylation sites (N-methyl/N-ethyl adjacent to an activating group) is 1. The van der Waals surface area contributed by atoms with Crippen molar-refractivity contribution >= 4 is 17.2 Å². The molecule has 1 heterocycles. The van der Waals surface area contributed by atoms with Crippen LogP contribution >= 0.6 is 12.2 Å². The fourth-order valence-electron chi connectivity index (χ4n) is 1.73. The highest BCUT2D eigenvalue weighted by Gasteiger charge is 2.16. The monoisotopic (exact) mass is 230 g/mol. The molecule has 0 aliphatic carbocycles. The first-order valence-electron chi connectivity index (χ1n) is 5.45. The fraction of sp³-hybridized carbons (Fsp3) is 0.900. The third kappa shape index (κ3) is 5.41. The van der Waals surface area contributed by atoms with Crippen molar-refractivity contribution in [2.24, 2.45) is 5.73 Å². The summed E-state index contributed by atoms with van der Waals surface area (Å²) in [6, 6.07) is 0. The Bertz CT molecular complexity index is 200. The van der Waals surface area contributed by atoms with Crippen LogP contribution in [0.3, 0.4) is 0 Å². The molecule has 15 heavy (non-hydrogen) atoms. The van der Waals surface area contributed by atoms with E-state index in [-0.39, 0.29) is 0 Å². The van der Waals surface area contributed by atoms with E-state index in [2.05, 4.69) is 28.8 Å². The van der Waals surface area contributed by atoms with Gasteiger partial charge in [-0.05, 0) is 14.1 Å². The molecule has 0 aromatic carbocycles. The van der Waals surface area contributed by atoms with E-state index >= 15 is 0 Å². The SMILES string of the molecule is CN(C)CCN1CCN(CC(N)=S)CC1. The number of nitrogens with two attached hydrogens (primary N) is 1. The maximum atomic E-state index is 5.53. The normalized spacial score (nSPS) is 19.7. The van der Waals surface area contributed by atoms with Gasteiger partial charge in [0, 0.05) is 45.8 Å². The van der Waals surface area contributed by atoms with Gasteiger partial charge in [-0.2, -0.15) is 0 Å². The van der Waals surface area contributed by atoms with E-state index in [1.807, 2.05) is 0 Å². The summed E-state index contributed by atoms with van der Waals surface area (Å²) >= 11 is 4.91. The van der Waals surface area contributed by atoms with E-state index in [1.165, 1.54) is 0 Å². The second-order valence-corrected chi connectivity index (χ2v) is 4.91. The van der Waals surface area contributed by atoms with E-state index in [1.54, 1.807) is 0 Å². The molecule has 1 saturated heterocycles. The van der Waals surface area contributed by atoms with Gasteiger partial charge in [0.1, 0.15) is 0 Å². The summed E-state index contributed by atoms with van der Waals surface area (Å²) < 4.78 is 0. The molecule has 1 aliphatic rings. The smallest absolute Gasteiger partial charge is 0.0870 e. The molecule has 0 saturated carbocycles. The molecule has 5 heteroatoms. The highest BCUT2D eigenvalue weighted by atomic mass is 32.1. The van der Waals surface area contributed by atoms with Crippen LogP contribution in [0, 0.1) is 0 Å². The molecule has 0 spiro atoms. The van der Waals surface area contributed by atoms with Crippen LogP contribution in [-0.4, -0.2) is 79.6 Å². The Balaban J connectivity index is 2.15. The maximum absolute atomic E-state index is 5.53. The first-order valence-corrected chi connectivity index (χ1v) is 5.86. The molecule has 1 aliphatic heterocycles. The van der Waals surface area contributed by atoms with E-state index in [9.17, 15) is 0 Å². The number of hydrogen-bond donors (Lipinski definition) is 1. The minimum absolute atomic E-state index is 0.608. The van der Waals surface area contributed by atoms with Gasteiger partial charge in [0.2, 0.25) is 0 Å². The van der Waals surface area contributed by atoms with Crippen molar-refractivity contribution < 1.29 is 0 Å². The lowest BCUT2D eigenvalue weighted by Crippen LogP contribution is -2.49. The van der Waals surface area contributed by atoms with Gasteiger partial charge in [-0.25, -0.2) is 0 Å². The summed E-state index contributed by atoms with van der Waals surface area (Å²) in [7, 11) is 4.23. The number of rotatable bonds is 5. The second-order valence-electron chi connectivity index (χ2n) is 4.39. The number of thiocarbonyl (C=S) groups is 1. The Morgan fingerprint density at radius 1 is 1.20 bits per heavy atom. The molecule has 4 nitrogen and oxygen atoms in total. The molecule has 1 rings (SSSR count). The predicted octanol–water partition coefficient (Wildman–Crippen LogP) is -0.548. The fourth-order valence-corrected chi connectivity index (χ4v) is 1.92. The molecule has 2 N–H and O–H groups in total. The van der Waals surface area contributed by atoms with Crippen LogP contribution in [0.25, 0.3) is 0 Å². The lowest BCUT2D eigenvalue weighted by molar-refractivity contribution is 0.137. The summed E-state index contributed by atoms with van der Waals surface area (Å²) in [6.45, 7) is 7.52. The van der Waals surface area contributed by atoms with Crippen LogP contribution in [0.2, 0.25) is 0 Å². The number of hydrogen-bond acceptors (Lipinski definition) is 4. The van der Waals surface area contributed by atoms with Gasteiger partial charge in [0.15, 0.2) is 0 Å². The van der Waals surface area contributed by atoms with Gasteiger partial charge >= 0.3 is 0 Å². The molecule has 0 aromatic rings. The maximum Gasteiger partial charge on any atom is 0.0870 e. The molecule has 0 radical (unpaired) electrons. The quantitative estimate of drug-likeness (QED) is 0.641. The van der Waals surface area contributed by atoms with Crippen molar-refractivity contribution in [2.45, 2.75) is 0 Å². The van der Waals surface area contributed by atoms with Crippen LogP contribution in [0.1, 0.15) is 0 Å². The largest absolute Gasteiger partial charge is 0.392 e. The number of nitrogens with zero attached hydrogens (tertiary/aromatic N) is 3. The van der Waals surface area contributed by atoms with Gasteiger partial charge in [-0.15, -0.1) is 0 Å². The molecule has 88 valence electrons. The zero-order valence-electron chi connectivity index (χ0n) is 9.78. The standard InChI is InChI=1S/C10H22N4S/c1-12(2)3-4-13-5-7-14(8-6-13)9-10(11)15/h3-9H2,1-2H3,(H2,11,15). The third-order valence-electron chi connectivity index (χ3n) is 2.71. The van der Waals surface area contributed by atoms with Crippen LogP contribution in [0.15, 0.2) is 0 Å². The Hall–Kier alpha value is -0.230. The Morgan fingerprint density at radius 3 is 2.20 bits per heavy atom. The summed E-state index contributed by atoms with van der Waals surface area (Å²) in [5.41, 5.74) is 5.53. The van der Waals surface area contributed by atoms with E-state index < -0.39 is 0 Å². The molecule has 0 bridgehead atoms. The van der Waals surface area contributed by atoms with E-state index in [0.717, 1.165) is 45.8 Å². The first kappa shape index (κ1) is 12.8. The average Bonchev–Trinajstić information content (AvgIpc) is 2.16. The highest BCUT2D eigenvalue weighted by Crippen LogP contribution is 2.00. The molecule has 0 aromatic heterocycles. The highest BCUT2D eigenvalue weighted by molar-refractivity contribution is 7.80. The van der Waals surface area contributed by atoms with Crippen molar-refractivity contribution in [3.8, 4) is 0 Å². The van der Waals surface area contributed by atoms with Crippen molar-refractivity contribution in [3.63, 3.8) is 0 Å². The Labute approximate surface area is 98.0 Å². The second kappa shape index (κ2) is 6.37. The molecular formula is C10H22N4S.